The number of halogens is 4. The second kappa shape index (κ2) is 9.15. The Bertz CT molecular complexity index is 1220. The lowest BCUT2D eigenvalue weighted by Gasteiger charge is -2.10. The third-order valence-corrected chi connectivity index (χ3v) is 5.93. The summed E-state index contributed by atoms with van der Waals surface area (Å²) in [6.07, 6.45) is 4.69. The topological polar surface area (TPSA) is 0 Å². The van der Waals surface area contributed by atoms with Crippen LogP contribution in [0.2, 0.25) is 5.02 Å². The average molecular weight is 439 g/mol. The Labute approximate surface area is 185 Å². The number of hydrogen-bond acceptors (Lipinski definition) is 0. The van der Waals surface area contributed by atoms with Gasteiger partial charge in [-0.25, -0.2) is 13.2 Å². The van der Waals surface area contributed by atoms with Gasteiger partial charge in [-0.1, -0.05) is 73.8 Å². The average Bonchev–Trinajstić information content (AvgIpc) is 2.77. The Morgan fingerprint density at radius 2 is 1.26 bits per heavy atom. The second-order valence-electron chi connectivity index (χ2n) is 7.80. The van der Waals surface area contributed by atoms with E-state index >= 15 is 0 Å². The zero-order valence-electron chi connectivity index (χ0n) is 17.2. The lowest BCUT2D eigenvalue weighted by atomic mass is 9.96. The molecule has 0 heterocycles. The lowest BCUT2D eigenvalue weighted by Crippen LogP contribution is -1.91. The highest BCUT2D eigenvalue weighted by atomic mass is 35.5. The fourth-order valence-electron chi connectivity index (χ4n) is 3.85. The molecule has 0 aliphatic rings. The molecular weight excluding hydrogens is 417 g/mol. The van der Waals surface area contributed by atoms with Crippen LogP contribution in [0.4, 0.5) is 13.2 Å². The molecule has 0 unspecified atom stereocenters. The zero-order chi connectivity index (χ0) is 22.0. The molecule has 0 aromatic heterocycles. The maximum Gasteiger partial charge on any atom is 0.145 e. The van der Waals surface area contributed by atoms with Crippen molar-refractivity contribution in [3.63, 3.8) is 0 Å². The molecule has 0 bridgehead atoms. The normalized spacial score (nSPS) is 11.3. The minimum absolute atomic E-state index is 0.109. The van der Waals surface area contributed by atoms with Crippen molar-refractivity contribution in [3.8, 4) is 22.3 Å². The molecule has 0 spiro atoms. The van der Waals surface area contributed by atoms with Gasteiger partial charge >= 0.3 is 0 Å². The van der Waals surface area contributed by atoms with Crippen molar-refractivity contribution < 1.29 is 13.2 Å². The van der Waals surface area contributed by atoms with Gasteiger partial charge in [-0.2, -0.15) is 0 Å². The molecule has 4 rings (SSSR count). The molecule has 0 saturated carbocycles. The zero-order valence-corrected chi connectivity index (χ0v) is 17.9. The van der Waals surface area contributed by atoms with E-state index in [1.54, 1.807) is 6.07 Å². The summed E-state index contributed by atoms with van der Waals surface area (Å²) in [7, 11) is 0. The highest BCUT2D eigenvalue weighted by Gasteiger charge is 2.14. The van der Waals surface area contributed by atoms with Crippen molar-refractivity contribution in [2.24, 2.45) is 0 Å². The fourth-order valence-corrected chi connectivity index (χ4v) is 3.96. The highest BCUT2D eigenvalue weighted by Crippen LogP contribution is 2.32. The van der Waals surface area contributed by atoms with Crippen molar-refractivity contribution in [1.29, 1.82) is 0 Å². The monoisotopic (exact) mass is 438 g/mol. The summed E-state index contributed by atoms with van der Waals surface area (Å²) >= 11 is 5.53. The summed E-state index contributed by atoms with van der Waals surface area (Å²) in [6, 6.07) is 19.3. The summed E-state index contributed by atoms with van der Waals surface area (Å²) in [5, 5.41) is 1.65. The Morgan fingerprint density at radius 1 is 0.645 bits per heavy atom. The number of rotatable bonds is 6. The summed E-state index contributed by atoms with van der Waals surface area (Å²) in [5.41, 5.74) is 3.13. The maximum absolute atomic E-state index is 14.8. The van der Waals surface area contributed by atoms with Crippen molar-refractivity contribution in [3.05, 3.63) is 94.8 Å². The Kier molecular flexibility index (Phi) is 6.33. The van der Waals surface area contributed by atoms with E-state index in [1.165, 1.54) is 37.0 Å². The first-order chi connectivity index (χ1) is 15.0. The Balaban J connectivity index is 1.63. The van der Waals surface area contributed by atoms with E-state index in [2.05, 4.69) is 25.1 Å². The first-order valence-electron chi connectivity index (χ1n) is 10.4. The van der Waals surface area contributed by atoms with Gasteiger partial charge in [0.15, 0.2) is 0 Å². The minimum atomic E-state index is -0.913. The Hall–Kier alpha value is -2.78. The molecule has 158 valence electrons. The molecular formula is C27H22ClF3. The smallest absolute Gasteiger partial charge is 0.145 e. The van der Waals surface area contributed by atoms with Crippen LogP contribution < -0.4 is 0 Å². The van der Waals surface area contributed by atoms with Crippen LogP contribution >= 0.6 is 11.6 Å². The summed E-state index contributed by atoms with van der Waals surface area (Å²) in [5.74, 6) is -2.38. The maximum atomic E-state index is 14.8. The van der Waals surface area contributed by atoms with Crippen molar-refractivity contribution in [1.82, 2.24) is 0 Å². The fraction of sp³-hybridized carbons (Fsp3) is 0.185. The van der Waals surface area contributed by atoms with Crippen molar-refractivity contribution in [2.45, 2.75) is 32.6 Å². The molecule has 31 heavy (non-hydrogen) atoms. The molecule has 0 aliphatic heterocycles. The van der Waals surface area contributed by atoms with Gasteiger partial charge in [-0.15, -0.1) is 0 Å². The first-order valence-corrected chi connectivity index (χ1v) is 10.8. The summed E-state index contributed by atoms with van der Waals surface area (Å²) in [4.78, 5) is 0. The third kappa shape index (κ3) is 4.62. The van der Waals surface area contributed by atoms with Gasteiger partial charge in [0.05, 0.1) is 0 Å². The van der Waals surface area contributed by atoms with E-state index in [4.69, 9.17) is 11.6 Å². The molecule has 0 N–H and O–H groups in total. The SMILES string of the molecule is CCCCCc1ccc2cc(-c3ccc(-c4cc(F)c(Cl)c(F)c4)c(F)c3)ccc2c1. The minimum Gasteiger partial charge on any atom is -0.206 e. The van der Waals surface area contributed by atoms with Crippen LogP contribution in [0, 0.1) is 17.5 Å². The predicted molar refractivity (Wildman–Crippen MR) is 123 cm³/mol. The Morgan fingerprint density at radius 3 is 1.97 bits per heavy atom. The molecule has 0 radical (unpaired) electrons. The summed E-state index contributed by atoms with van der Waals surface area (Å²) in [6.45, 7) is 2.20. The van der Waals surface area contributed by atoms with Gasteiger partial charge in [0.2, 0.25) is 0 Å². The van der Waals surface area contributed by atoms with Gasteiger partial charge in [0.25, 0.3) is 0 Å². The van der Waals surface area contributed by atoms with Gasteiger partial charge in [-0.3, -0.25) is 0 Å². The van der Waals surface area contributed by atoms with E-state index < -0.39 is 22.5 Å². The van der Waals surface area contributed by atoms with Crippen LogP contribution in [-0.2, 0) is 6.42 Å². The summed E-state index contributed by atoms with van der Waals surface area (Å²) < 4.78 is 42.4. The van der Waals surface area contributed by atoms with Crippen LogP contribution in [0.25, 0.3) is 33.0 Å². The van der Waals surface area contributed by atoms with Crippen LogP contribution in [0.1, 0.15) is 31.7 Å². The second-order valence-corrected chi connectivity index (χ2v) is 8.18. The first kappa shape index (κ1) is 21.5. The quantitative estimate of drug-likeness (QED) is 0.208. The lowest BCUT2D eigenvalue weighted by molar-refractivity contribution is 0.584. The molecule has 0 saturated heterocycles. The van der Waals surface area contributed by atoms with Crippen LogP contribution in [0.15, 0.2) is 66.7 Å². The molecule has 4 heteroatoms. The molecule has 0 nitrogen and oxygen atoms in total. The van der Waals surface area contributed by atoms with E-state index in [9.17, 15) is 13.2 Å². The number of aryl methyl sites for hydroxylation is 1. The molecule has 0 atom stereocenters. The van der Waals surface area contributed by atoms with E-state index in [0.29, 0.717) is 5.56 Å². The number of fused-ring (bicyclic) bond motifs is 1. The van der Waals surface area contributed by atoms with Gasteiger partial charge < -0.3 is 0 Å². The highest BCUT2D eigenvalue weighted by molar-refractivity contribution is 6.31. The number of hydrogen-bond donors (Lipinski definition) is 0. The molecule has 4 aromatic rings. The number of unbranched alkanes of at least 4 members (excludes halogenated alkanes) is 2. The largest absolute Gasteiger partial charge is 0.206 e. The van der Waals surface area contributed by atoms with Crippen LogP contribution in [-0.4, -0.2) is 0 Å². The van der Waals surface area contributed by atoms with Gasteiger partial charge in [0.1, 0.15) is 22.5 Å². The predicted octanol–water partition coefficient (Wildman–Crippen LogP) is 8.98. The van der Waals surface area contributed by atoms with Crippen LogP contribution in [0.5, 0.6) is 0 Å². The van der Waals surface area contributed by atoms with Crippen LogP contribution in [0.3, 0.4) is 0 Å². The standard InChI is InChI=1S/C27H22ClF3/c1-2-3-4-5-17-6-7-19-13-20(9-8-18(19)12-17)21-10-11-23(24(29)14-21)22-15-25(30)27(28)26(31)16-22/h6-16H,2-5H2,1H3. The molecule has 0 amide bonds. The van der Waals surface area contributed by atoms with Gasteiger partial charge in [0, 0.05) is 5.56 Å². The van der Waals surface area contributed by atoms with E-state index in [-0.39, 0.29) is 11.1 Å². The van der Waals surface area contributed by atoms with E-state index in [1.807, 2.05) is 18.2 Å². The van der Waals surface area contributed by atoms with Crippen molar-refractivity contribution in [2.75, 3.05) is 0 Å². The van der Waals surface area contributed by atoms with Gasteiger partial charge in [-0.05, 0) is 70.1 Å². The third-order valence-electron chi connectivity index (χ3n) is 5.57. The van der Waals surface area contributed by atoms with Crippen molar-refractivity contribution >= 4 is 22.4 Å². The molecule has 4 aromatic carbocycles. The number of benzene rings is 4. The molecule has 0 fully saturated rings. The van der Waals surface area contributed by atoms with E-state index in [0.717, 1.165) is 34.9 Å². The molecule has 0 aliphatic carbocycles.